The summed E-state index contributed by atoms with van der Waals surface area (Å²) < 4.78 is 5.28. The van der Waals surface area contributed by atoms with Gasteiger partial charge in [0, 0.05) is 23.3 Å². The third-order valence-electron chi connectivity index (χ3n) is 4.83. The Hall–Kier alpha value is -1.16. The number of allylic oxidation sites excluding steroid dienone is 3. The average Bonchev–Trinajstić information content (AvgIpc) is 2.68. The summed E-state index contributed by atoms with van der Waals surface area (Å²) in [5, 5.41) is -0.0687. The highest BCUT2D eigenvalue weighted by Crippen LogP contribution is 2.83. The molecule has 0 radical (unpaired) electrons. The Kier molecular flexibility index (Phi) is 3.12. The maximum absolute atomic E-state index is 12.2. The van der Waals surface area contributed by atoms with Crippen molar-refractivity contribution >= 4 is 19.8 Å². The predicted molar refractivity (Wildman–Crippen MR) is 77.6 cm³/mol. The molecule has 2 rings (SSSR count). The summed E-state index contributed by atoms with van der Waals surface area (Å²) in [6.45, 7) is 12.4. The summed E-state index contributed by atoms with van der Waals surface area (Å²) >= 11 is 0. The van der Waals surface area contributed by atoms with Crippen molar-refractivity contribution in [1.82, 2.24) is 0 Å². The van der Waals surface area contributed by atoms with Crippen LogP contribution < -0.4 is 0 Å². The fourth-order valence-corrected chi connectivity index (χ4v) is 7.76. The van der Waals surface area contributed by atoms with Crippen LogP contribution in [0.4, 0.5) is 0 Å². The van der Waals surface area contributed by atoms with Crippen LogP contribution in [-0.4, -0.2) is 26.4 Å². The van der Waals surface area contributed by atoms with Crippen LogP contribution in [-0.2, 0) is 14.3 Å². The number of carbonyl (C=O) groups is 2. The molecule has 104 valence electrons. The van der Waals surface area contributed by atoms with E-state index in [0.29, 0.717) is 6.61 Å². The highest BCUT2D eigenvalue weighted by molar-refractivity contribution is 6.81. The minimum atomic E-state index is -1.61. The van der Waals surface area contributed by atoms with Gasteiger partial charge in [0.15, 0.2) is 5.78 Å². The standard InChI is InChI=1S/C15H22O3Si/c1-6-8-14(10-18-11(2)16)13-12(17)7-9-15(13,14)19(3,4)5/h6-7,9,13H,1,8,10H2,2-5H3/t13?,14?,15-/m0/s1. The fourth-order valence-electron chi connectivity index (χ4n) is 4.16. The molecule has 0 heterocycles. The highest BCUT2D eigenvalue weighted by Gasteiger charge is 2.82. The molecule has 0 spiro atoms. The molecule has 0 aliphatic heterocycles. The molecule has 0 amide bonds. The van der Waals surface area contributed by atoms with Crippen LogP contribution >= 0.6 is 0 Å². The Morgan fingerprint density at radius 2 is 2.16 bits per heavy atom. The van der Waals surface area contributed by atoms with Gasteiger partial charge in [0.05, 0.1) is 14.7 Å². The number of esters is 1. The average molecular weight is 278 g/mol. The van der Waals surface area contributed by atoms with Crippen LogP contribution in [0.2, 0.25) is 24.7 Å². The Bertz CT molecular complexity index is 474. The summed E-state index contributed by atoms with van der Waals surface area (Å²) in [5.74, 6) is -0.101. The Labute approximate surface area is 115 Å². The molecule has 2 unspecified atom stereocenters. The van der Waals surface area contributed by atoms with Crippen LogP contribution in [0.3, 0.4) is 0 Å². The molecule has 19 heavy (non-hydrogen) atoms. The zero-order chi connectivity index (χ0) is 14.5. The first-order chi connectivity index (χ1) is 8.73. The number of hydrogen-bond acceptors (Lipinski definition) is 3. The van der Waals surface area contributed by atoms with Gasteiger partial charge in [-0.05, 0) is 12.5 Å². The fraction of sp³-hybridized carbons (Fsp3) is 0.600. The zero-order valence-electron chi connectivity index (χ0n) is 12.2. The topological polar surface area (TPSA) is 43.4 Å². The summed E-state index contributed by atoms with van der Waals surface area (Å²) in [7, 11) is -1.61. The van der Waals surface area contributed by atoms with Crippen LogP contribution in [0, 0.1) is 11.3 Å². The summed E-state index contributed by atoms with van der Waals surface area (Å²) in [6.07, 6.45) is 6.40. The van der Waals surface area contributed by atoms with Gasteiger partial charge >= 0.3 is 5.97 Å². The van der Waals surface area contributed by atoms with Crippen LogP contribution in [0.5, 0.6) is 0 Å². The minimum absolute atomic E-state index is 0.0102. The van der Waals surface area contributed by atoms with Gasteiger partial charge in [0.2, 0.25) is 0 Å². The van der Waals surface area contributed by atoms with E-state index in [-0.39, 0.29) is 28.1 Å². The molecule has 4 heteroatoms. The number of ketones is 1. The molecule has 1 fully saturated rings. The normalized spacial score (nSPS) is 36.0. The van der Waals surface area contributed by atoms with Crippen molar-refractivity contribution in [2.45, 2.75) is 38.0 Å². The number of ether oxygens (including phenoxy) is 1. The molecule has 0 saturated heterocycles. The van der Waals surface area contributed by atoms with E-state index in [1.807, 2.05) is 6.08 Å². The summed E-state index contributed by atoms with van der Waals surface area (Å²) in [5.41, 5.74) is -0.239. The molecule has 2 aliphatic rings. The van der Waals surface area contributed by atoms with E-state index in [9.17, 15) is 9.59 Å². The smallest absolute Gasteiger partial charge is 0.302 e. The highest BCUT2D eigenvalue weighted by atomic mass is 28.3. The van der Waals surface area contributed by atoms with Gasteiger partial charge in [-0.3, -0.25) is 9.59 Å². The van der Waals surface area contributed by atoms with Crippen LogP contribution in [0.1, 0.15) is 13.3 Å². The third kappa shape index (κ3) is 1.69. The van der Waals surface area contributed by atoms with E-state index >= 15 is 0 Å². The van der Waals surface area contributed by atoms with Crippen LogP contribution in [0.15, 0.2) is 24.8 Å². The third-order valence-corrected chi connectivity index (χ3v) is 8.26. The SMILES string of the molecule is C=CCC1(COC(C)=O)C2C(=O)C=C[C@]21[Si](C)(C)C. The quantitative estimate of drug-likeness (QED) is 0.441. The van der Waals surface area contributed by atoms with Crippen molar-refractivity contribution < 1.29 is 14.3 Å². The molecular weight excluding hydrogens is 256 g/mol. The van der Waals surface area contributed by atoms with Gasteiger partial charge in [-0.15, -0.1) is 6.58 Å². The number of carbonyl (C=O) groups excluding carboxylic acids is 2. The first-order valence-electron chi connectivity index (χ1n) is 6.70. The minimum Gasteiger partial charge on any atom is -0.465 e. The lowest BCUT2D eigenvalue weighted by Gasteiger charge is -2.31. The van der Waals surface area contributed by atoms with Crippen molar-refractivity contribution in [3.8, 4) is 0 Å². The number of rotatable bonds is 5. The van der Waals surface area contributed by atoms with E-state index in [0.717, 1.165) is 6.42 Å². The molecule has 1 saturated carbocycles. The first kappa shape index (κ1) is 14.3. The molecule has 0 aromatic rings. The van der Waals surface area contributed by atoms with Crippen molar-refractivity contribution in [1.29, 1.82) is 0 Å². The lowest BCUT2D eigenvalue weighted by molar-refractivity contribution is -0.143. The lowest BCUT2D eigenvalue weighted by atomic mass is 9.94. The largest absolute Gasteiger partial charge is 0.465 e. The van der Waals surface area contributed by atoms with E-state index in [2.05, 4.69) is 32.3 Å². The second kappa shape index (κ2) is 4.17. The van der Waals surface area contributed by atoms with E-state index in [1.165, 1.54) is 6.92 Å². The first-order valence-corrected chi connectivity index (χ1v) is 10.2. The molecule has 0 aromatic heterocycles. The van der Waals surface area contributed by atoms with Crippen molar-refractivity contribution in [2.75, 3.05) is 6.61 Å². The Morgan fingerprint density at radius 1 is 1.53 bits per heavy atom. The molecule has 2 aliphatic carbocycles. The number of hydrogen-bond donors (Lipinski definition) is 0. The molecule has 0 aromatic carbocycles. The van der Waals surface area contributed by atoms with Crippen molar-refractivity contribution in [2.24, 2.45) is 11.3 Å². The van der Waals surface area contributed by atoms with Crippen molar-refractivity contribution in [3.63, 3.8) is 0 Å². The lowest BCUT2D eigenvalue weighted by Crippen LogP contribution is -2.34. The Morgan fingerprint density at radius 3 is 2.58 bits per heavy atom. The van der Waals surface area contributed by atoms with E-state index < -0.39 is 8.07 Å². The Balaban J connectivity index is 2.40. The van der Waals surface area contributed by atoms with Crippen molar-refractivity contribution in [3.05, 3.63) is 24.8 Å². The van der Waals surface area contributed by atoms with Gasteiger partial charge in [-0.1, -0.05) is 31.8 Å². The molecule has 3 nitrogen and oxygen atoms in total. The van der Waals surface area contributed by atoms with Gasteiger partial charge in [-0.25, -0.2) is 0 Å². The predicted octanol–water partition coefficient (Wildman–Crippen LogP) is 2.96. The monoisotopic (exact) mass is 278 g/mol. The zero-order valence-corrected chi connectivity index (χ0v) is 13.2. The van der Waals surface area contributed by atoms with E-state index in [1.54, 1.807) is 6.08 Å². The summed E-state index contributed by atoms with van der Waals surface area (Å²) in [6, 6.07) is 0. The molecule has 3 atom stereocenters. The number of fused-ring (bicyclic) bond motifs is 1. The maximum Gasteiger partial charge on any atom is 0.302 e. The molecular formula is C15H22O3Si. The molecule has 0 bridgehead atoms. The maximum atomic E-state index is 12.2. The molecule has 0 N–H and O–H groups in total. The summed E-state index contributed by atoms with van der Waals surface area (Å²) in [4.78, 5) is 23.3. The van der Waals surface area contributed by atoms with Crippen LogP contribution in [0.25, 0.3) is 0 Å². The van der Waals surface area contributed by atoms with Gasteiger partial charge < -0.3 is 4.74 Å². The van der Waals surface area contributed by atoms with Gasteiger partial charge in [0.25, 0.3) is 0 Å². The van der Waals surface area contributed by atoms with Gasteiger partial charge in [0.1, 0.15) is 0 Å². The second-order valence-corrected chi connectivity index (χ2v) is 12.0. The van der Waals surface area contributed by atoms with E-state index in [4.69, 9.17) is 4.74 Å². The second-order valence-electron chi connectivity index (χ2n) is 6.72. The van der Waals surface area contributed by atoms with Gasteiger partial charge in [-0.2, -0.15) is 0 Å².